The highest BCUT2D eigenvalue weighted by Crippen LogP contribution is 2.42. The number of nitriles is 1. The molecule has 0 unspecified atom stereocenters. The van der Waals surface area contributed by atoms with Gasteiger partial charge in [-0.2, -0.15) is 5.26 Å². The first-order valence-electron chi connectivity index (χ1n) is 21.4. The van der Waals surface area contributed by atoms with Gasteiger partial charge in [0.05, 0.1) is 40.2 Å². The van der Waals surface area contributed by atoms with Gasteiger partial charge in [0.2, 0.25) is 0 Å². The van der Waals surface area contributed by atoms with Crippen molar-refractivity contribution in [1.82, 2.24) is 24.1 Å². The van der Waals surface area contributed by atoms with E-state index >= 15 is 0 Å². The molecule has 11 rings (SSSR count). The summed E-state index contributed by atoms with van der Waals surface area (Å²) in [5.41, 5.74) is 8.59. The third kappa shape index (κ3) is 5.37. The molecule has 0 spiro atoms. The van der Waals surface area contributed by atoms with Crippen molar-refractivity contribution in [2.24, 2.45) is 0 Å². The second kappa shape index (κ2) is 13.6. The zero-order valence-electron chi connectivity index (χ0n) is 35.8. The van der Waals surface area contributed by atoms with Gasteiger partial charge in [-0.05, 0) is 59.6 Å². The summed E-state index contributed by atoms with van der Waals surface area (Å²) in [7, 11) is 0. The third-order valence-corrected chi connectivity index (χ3v) is 10.7. The van der Waals surface area contributed by atoms with Crippen molar-refractivity contribution in [1.29, 1.82) is 5.26 Å². The van der Waals surface area contributed by atoms with E-state index in [9.17, 15) is 5.26 Å². The van der Waals surface area contributed by atoms with Crippen LogP contribution in [0.1, 0.15) is 12.4 Å². The van der Waals surface area contributed by atoms with Crippen molar-refractivity contribution in [3.8, 4) is 62.7 Å². The van der Waals surface area contributed by atoms with Crippen molar-refractivity contribution in [3.05, 3.63) is 200 Å². The number of nitrogens with zero attached hydrogens (tertiary/aromatic N) is 6. The molecule has 0 aliphatic carbocycles. The SMILES string of the molecule is [2H]c1c([2H])c([2H])c(-n2c3ccccc3c3c2ccc2c4ccccc4n(-c4ccc(-c5nc(-c6ccccc6)nc(-c6ccc(-c7ccccc7)cc6)n5)cc4C#N)c23)c([2H])c1[2H]. The van der Waals surface area contributed by atoms with Crippen molar-refractivity contribution < 1.29 is 6.85 Å². The van der Waals surface area contributed by atoms with Crippen LogP contribution in [0.4, 0.5) is 0 Å². The Bertz CT molecular complexity index is 3660. The predicted molar refractivity (Wildman–Crippen MR) is 235 cm³/mol. The first-order valence-corrected chi connectivity index (χ1v) is 18.9. The lowest BCUT2D eigenvalue weighted by Crippen LogP contribution is -2.02. The molecule has 6 heteroatoms. The summed E-state index contributed by atoms with van der Waals surface area (Å²) >= 11 is 0. The van der Waals surface area contributed by atoms with Crippen molar-refractivity contribution in [2.45, 2.75) is 0 Å². The highest BCUT2D eigenvalue weighted by Gasteiger charge is 2.22. The van der Waals surface area contributed by atoms with Crippen molar-refractivity contribution in [2.75, 3.05) is 0 Å². The quantitative estimate of drug-likeness (QED) is 0.170. The minimum Gasteiger partial charge on any atom is -0.309 e. The molecule has 0 bridgehead atoms. The molecule has 58 heavy (non-hydrogen) atoms. The van der Waals surface area contributed by atoms with E-state index in [1.54, 1.807) is 4.57 Å². The van der Waals surface area contributed by atoms with Crippen LogP contribution in [-0.4, -0.2) is 24.1 Å². The molecule has 3 aromatic heterocycles. The van der Waals surface area contributed by atoms with Crippen LogP contribution in [0.25, 0.3) is 100 Å². The van der Waals surface area contributed by atoms with Gasteiger partial charge in [-0.3, -0.25) is 0 Å². The molecule has 270 valence electrons. The molecule has 0 aliphatic rings. The van der Waals surface area contributed by atoms with Crippen LogP contribution in [0.3, 0.4) is 0 Å². The van der Waals surface area contributed by atoms with Gasteiger partial charge in [-0.1, -0.05) is 146 Å². The van der Waals surface area contributed by atoms with E-state index in [-0.39, 0.29) is 17.8 Å². The van der Waals surface area contributed by atoms with Gasteiger partial charge in [0.25, 0.3) is 0 Å². The number of hydrogen-bond donors (Lipinski definition) is 0. The summed E-state index contributed by atoms with van der Waals surface area (Å²) in [6.45, 7) is 0. The maximum Gasteiger partial charge on any atom is 0.164 e. The zero-order chi connectivity index (χ0) is 42.9. The number of aromatic nitrogens is 5. The van der Waals surface area contributed by atoms with Gasteiger partial charge in [0.1, 0.15) is 6.07 Å². The van der Waals surface area contributed by atoms with Crippen LogP contribution < -0.4 is 0 Å². The Balaban J connectivity index is 1.13. The summed E-state index contributed by atoms with van der Waals surface area (Å²) in [5, 5.41) is 14.5. The molecular weight excluding hydrogens is 709 g/mol. The van der Waals surface area contributed by atoms with E-state index in [1.165, 1.54) is 0 Å². The van der Waals surface area contributed by atoms with Crippen LogP contribution in [0, 0.1) is 11.3 Å². The van der Waals surface area contributed by atoms with Crippen LogP contribution in [0.2, 0.25) is 0 Å². The van der Waals surface area contributed by atoms with Gasteiger partial charge in [0.15, 0.2) is 17.5 Å². The average Bonchev–Trinajstić information content (AvgIpc) is 3.86. The lowest BCUT2D eigenvalue weighted by atomic mass is 10.0. The van der Waals surface area contributed by atoms with Crippen LogP contribution in [0.15, 0.2) is 194 Å². The molecule has 11 aromatic rings. The van der Waals surface area contributed by atoms with E-state index in [0.29, 0.717) is 45.3 Å². The zero-order valence-corrected chi connectivity index (χ0v) is 30.8. The lowest BCUT2D eigenvalue weighted by Gasteiger charge is -2.13. The van der Waals surface area contributed by atoms with E-state index in [4.69, 9.17) is 21.8 Å². The van der Waals surface area contributed by atoms with Crippen LogP contribution >= 0.6 is 0 Å². The van der Waals surface area contributed by atoms with Crippen LogP contribution in [-0.2, 0) is 0 Å². The highest BCUT2D eigenvalue weighted by molar-refractivity contribution is 6.26. The molecule has 0 radical (unpaired) electrons. The Kier molecular flexibility index (Phi) is 6.61. The Morgan fingerprint density at radius 1 is 0.448 bits per heavy atom. The fraction of sp³-hybridized carbons (Fsp3) is 0. The number of hydrogen-bond acceptors (Lipinski definition) is 4. The maximum atomic E-state index is 11.0. The first kappa shape index (κ1) is 28.3. The minimum absolute atomic E-state index is 0.0648. The molecular formula is C52H32N6. The molecule has 0 amide bonds. The molecule has 3 heterocycles. The lowest BCUT2D eigenvalue weighted by molar-refractivity contribution is 1.07. The standard InChI is InChI=1S/C52H32N6/c53-33-39-32-38(52-55-50(36-16-6-2-7-17-36)54-51(56-52)37-26-24-35(25-27-37)34-14-4-1-5-15-34)28-30-44(39)58-45-22-12-10-20-41(45)42-29-31-47-48(49(42)58)43-21-11-13-23-46(43)57(47)40-18-8-3-9-19-40/h1-32H/i3D,8D,9D,18D,19D. The number of benzene rings is 8. The number of para-hydroxylation sites is 3. The Morgan fingerprint density at radius 2 is 0.983 bits per heavy atom. The van der Waals surface area contributed by atoms with E-state index in [1.807, 2.05) is 133 Å². The number of fused-ring (bicyclic) bond motifs is 7. The second-order valence-electron chi connectivity index (χ2n) is 14.0. The molecule has 0 aliphatic heterocycles. The van der Waals surface area contributed by atoms with Gasteiger partial charge < -0.3 is 9.13 Å². The van der Waals surface area contributed by atoms with E-state index < -0.39 is 18.1 Å². The van der Waals surface area contributed by atoms with Gasteiger partial charge in [-0.25, -0.2) is 15.0 Å². The second-order valence-corrected chi connectivity index (χ2v) is 14.0. The van der Waals surface area contributed by atoms with Crippen LogP contribution in [0.5, 0.6) is 0 Å². The van der Waals surface area contributed by atoms with Gasteiger partial charge in [-0.15, -0.1) is 0 Å². The molecule has 0 fully saturated rings. The molecule has 0 atom stereocenters. The highest BCUT2D eigenvalue weighted by atomic mass is 15.0. The Hall–Kier alpha value is -8.14. The summed E-state index contributed by atoms with van der Waals surface area (Å²) in [6, 6.07) is 54.0. The summed E-state index contributed by atoms with van der Waals surface area (Å²) < 4.78 is 47.1. The third-order valence-electron chi connectivity index (χ3n) is 10.7. The minimum atomic E-state index is -0.452. The largest absolute Gasteiger partial charge is 0.309 e. The van der Waals surface area contributed by atoms with Gasteiger partial charge in [0, 0.05) is 43.9 Å². The summed E-state index contributed by atoms with van der Waals surface area (Å²) in [6.07, 6.45) is 0. The predicted octanol–water partition coefficient (Wildman–Crippen LogP) is 12.6. The average molecular weight is 746 g/mol. The maximum absolute atomic E-state index is 11.0. The number of rotatable bonds is 6. The monoisotopic (exact) mass is 745 g/mol. The fourth-order valence-electron chi connectivity index (χ4n) is 8.11. The first-order chi connectivity index (χ1) is 30.8. The molecule has 8 aromatic carbocycles. The van der Waals surface area contributed by atoms with Gasteiger partial charge >= 0.3 is 0 Å². The summed E-state index contributed by atoms with van der Waals surface area (Å²) in [4.78, 5) is 14.9. The molecule has 0 saturated heterocycles. The molecule has 0 saturated carbocycles. The molecule has 6 nitrogen and oxygen atoms in total. The summed E-state index contributed by atoms with van der Waals surface area (Å²) in [5.74, 6) is 1.42. The molecule has 0 N–H and O–H groups in total. The van der Waals surface area contributed by atoms with E-state index in [0.717, 1.165) is 54.8 Å². The van der Waals surface area contributed by atoms with Crippen molar-refractivity contribution in [3.63, 3.8) is 0 Å². The van der Waals surface area contributed by atoms with E-state index in [2.05, 4.69) is 41.0 Å². The normalized spacial score (nSPS) is 12.6. The smallest absolute Gasteiger partial charge is 0.164 e. The Morgan fingerprint density at radius 3 is 1.67 bits per heavy atom. The van der Waals surface area contributed by atoms with Crippen molar-refractivity contribution >= 4 is 43.6 Å². The fourth-order valence-corrected chi connectivity index (χ4v) is 8.11. The topological polar surface area (TPSA) is 72.3 Å². The Labute approximate surface area is 341 Å².